The van der Waals surface area contributed by atoms with E-state index in [1.54, 1.807) is 4.90 Å². The molecule has 1 aliphatic rings. The van der Waals surface area contributed by atoms with E-state index in [4.69, 9.17) is 9.16 Å². The fourth-order valence-electron chi connectivity index (χ4n) is 3.27. The Bertz CT molecular complexity index is 893. The van der Waals surface area contributed by atoms with Crippen molar-refractivity contribution < 1.29 is 18.8 Å². The smallest absolute Gasteiger partial charge is 0.306 e. The molecule has 0 atom stereocenters. The number of esters is 1. The van der Waals surface area contributed by atoms with Crippen LogP contribution < -0.4 is 4.90 Å². The summed E-state index contributed by atoms with van der Waals surface area (Å²) in [4.78, 5) is 26.6. The van der Waals surface area contributed by atoms with E-state index >= 15 is 0 Å². The Hall–Kier alpha value is -2.34. The van der Waals surface area contributed by atoms with Gasteiger partial charge in [0.05, 0.1) is 25.0 Å². The lowest BCUT2D eigenvalue weighted by atomic mass is 10.0. The number of aryl methyl sites for hydroxylation is 2. The summed E-state index contributed by atoms with van der Waals surface area (Å²) in [5.74, 6) is 0.414. The van der Waals surface area contributed by atoms with Crippen LogP contribution in [0.5, 0.6) is 0 Å². The Morgan fingerprint density at radius 3 is 2.39 bits per heavy atom. The number of ether oxygens (including phenoxy) is 1. The molecule has 0 saturated heterocycles. The number of hydrogen-bond donors (Lipinski definition) is 0. The van der Waals surface area contributed by atoms with Crippen LogP contribution in [0, 0.1) is 13.8 Å². The van der Waals surface area contributed by atoms with E-state index < -0.39 is 8.32 Å². The highest BCUT2D eigenvalue weighted by atomic mass is 28.4. The summed E-state index contributed by atoms with van der Waals surface area (Å²) < 4.78 is 11.3. The summed E-state index contributed by atoms with van der Waals surface area (Å²) in [5.41, 5.74) is 3.79. The molecule has 5 nitrogen and oxygen atoms in total. The molecule has 0 aliphatic heterocycles. The van der Waals surface area contributed by atoms with Crippen molar-refractivity contribution in [2.75, 3.05) is 12.0 Å². The summed E-state index contributed by atoms with van der Waals surface area (Å²) in [5, 5.41) is 0.0960. The molecule has 0 radical (unpaired) electrons. The molecule has 0 saturated carbocycles. The first kappa shape index (κ1) is 24.9. The van der Waals surface area contributed by atoms with Crippen molar-refractivity contribution >= 4 is 25.9 Å². The molecule has 2 rings (SSSR count). The zero-order chi connectivity index (χ0) is 23.4. The summed E-state index contributed by atoms with van der Waals surface area (Å²) in [6, 6.07) is 6.04. The highest BCUT2D eigenvalue weighted by Crippen LogP contribution is 2.39. The van der Waals surface area contributed by atoms with Crippen LogP contribution in [-0.4, -0.2) is 27.3 Å². The van der Waals surface area contributed by atoms with Gasteiger partial charge in [-0.25, -0.2) is 0 Å². The van der Waals surface area contributed by atoms with Gasteiger partial charge in [-0.2, -0.15) is 0 Å². The molecule has 0 heterocycles. The number of rotatable bonds is 7. The maximum atomic E-state index is 13.3. The van der Waals surface area contributed by atoms with E-state index in [2.05, 4.69) is 46.0 Å². The Morgan fingerprint density at radius 2 is 1.81 bits per heavy atom. The zero-order valence-electron chi connectivity index (χ0n) is 20.3. The zero-order valence-corrected chi connectivity index (χ0v) is 21.3. The number of amides is 1. The van der Waals surface area contributed by atoms with Crippen molar-refractivity contribution in [2.45, 2.75) is 78.4 Å². The second kappa shape index (κ2) is 9.85. The molecule has 1 aliphatic carbocycles. The predicted molar refractivity (Wildman–Crippen MR) is 128 cm³/mol. The number of methoxy groups -OCH3 is 1. The molecule has 0 fully saturated rings. The van der Waals surface area contributed by atoms with Gasteiger partial charge in [0.1, 0.15) is 0 Å². The maximum Gasteiger partial charge on any atom is 0.306 e. The fraction of sp³-hybridized carbons (Fsp3) is 0.520. The summed E-state index contributed by atoms with van der Waals surface area (Å²) in [7, 11) is -0.638. The standard InChI is InChI=1S/C25H37NO4Si/c1-18-12-13-22(19(2)16-18)26(23(27)14-15-24(28)29-6)20-10-9-11-21(17-20)30-31(7,8)25(3,4)5/h10,12-13,16-17H,9,11,14-15H2,1-8H3. The first-order valence-electron chi connectivity index (χ1n) is 10.9. The Kier molecular flexibility index (Phi) is 7.92. The number of anilines is 1. The van der Waals surface area contributed by atoms with E-state index in [9.17, 15) is 9.59 Å². The molecule has 1 aromatic rings. The molecule has 0 aromatic heterocycles. The van der Waals surface area contributed by atoms with Crippen LogP contribution in [0.2, 0.25) is 18.1 Å². The van der Waals surface area contributed by atoms with Crippen LogP contribution in [0.15, 0.2) is 41.8 Å². The normalized spacial score (nSPS) is 14.5. The predicted octanol–water partition coefficient (Wildman–Crippen LogP) is 6.17. The van der Waals surface area contributed by atoms with Crippen LogP contribution in [0.1, 0.15) is 57.6 Å². The third kappa shape index (κ3) is 6.32. The first-order chi connectivity index (χ1) is 14.4. The molecular formula is C25H37NO4Si. The second-order valence-corrected chi connectivity index (χ2v) is 14.5. The molecule has 0 bridgehead atoms. The van der Waals surface area contributed by atoms with Gasteiger partial charge in [0.2, 0.25) is 14.2 Å². The van der Waals surface area contributed by atoms with Crippen molar-refractivity contribution in [3.8, 4) is 0 Å². The summed E-state index contributed by atoms with van der Waals surface area (Å²) >= 11 is 0. The molecule has 0 spiro atoms. The Balaban J connectivity index is 2.41. The molecule has 1 aromatic carbocycles. The topological polar surface area (TPSA) is 55.8 Å². The number of nitrogens with zero attached hydrogens (tertiary/aromatic N) is 1. The molecule has 1 amide bonds. The van der Waals surface area contributed by atoms with Gasteiger partial charge < -0.3 is 9.16 Å². The average molecular weight is 444 g/mol. The second-order valence-electron chi connectivity index (χ2n) is 9.74. The third-order valence-corrected chi connectivity index (χ3v) is 10.5. The van der Waals surface area contributed by atoms with Crippen LogP contribution in [0.25, 0.3) is 0 Å². The van der Waals surface area contributed by atoms with E-state index in [1.165, 1.54) is 7.11 Å². The molecule has 31 heavy (non-hydrogen) atoms. The largest absolute Gasteiger partial charge is 0.546 e. The van der Waals surface area contributed by atoms with E-state index in [0.29, 0.717) is 0 Å². The SMILES string of the molecule is COC(=O)CCC(=O)N(C1=CCCC(O[Si](C)(C)C(C)(C)C)=C1)c1ccc(C)cc1C. The van der Waals surface area contributed by atoms with Gasteiger partial charge >= 0.3 is 5.97 Å². The number of carbonyl (C=O) groups is 2. The van der Waals surface area contributed by atoms with Crippen LogP contribution >= 0.6 is 0 Å². The van der Waals surface area contributed by atoms with E-state index in [0.717, 1.165) is 41.1 Å². The Morgan fingerprint density at radius 1 is 1.13 bits per heavy atom. The lowest BCUT2D eigenvalue weighted by Gasteiger charge is -2.38. The fourth-order valence-corrected chi connectivity index (χ4v) is 4.39. The van der Waals surface area contributed by atoms with Gasteiger partial charge in [-0.15, -0.1) is 0 Å². The van der Waals surface area contributed by atoms with Gasteiger partial charge in [0.15, 0.2) is 0 Å². The molecule has 170 valence electrons. The van der Waals surface area contributed by atoms with Gasteiger partial charge in [-0.05, 0) is 56.1 Å². The van der Waals surface area contributed by atoms with Crippen molar-refractivity contribution in [3.63, 3.8) is 0 Å². The van der Waals surface area contributed by atoms with Crippen LogP contribution in [0.4, 0.5) is 5.69 Å². The average Bonchev–Trinajstić information content (AvgIpc) is 2.67. The van der Waals surface area contributed by atoms with Crippen LogP contribution in [-0.2, 0) is 18.8 Å². The van der Waals surface area contributed by atoms with Crippen molar-refractivity contribution in [1.82, 2.24) is 0 Å². The van der Waals surface area contributed by atoms with Gasteiger partial charge in [-0.3, -0.25) is 14.5 Å². The first-order valence-corrected chi connectivity index (χ1v) is 13.8. The Labute approximate surface area is 188 Å². The minimum atomic E-state index is -1.98. The monoisotopic (exact) mass is 443 g/mol. The number of carbonyl (C=O) groups excluding carboxylic acids is 2. The molecule has 0 N–H and O–H groups in total. The van der Waals surface area contributed by atoms with Gasteiger partial charge in [0.25, 0.3) is 0 Å². The van der Waals surface area contributed by atoms with Crippen LogP contribution in [0.3, 0.4) is 0 Å². The highest BCUT2D eigenvalue weighted by Gasteiger charge is 2.39. The third-order valence-electron chi connectivity index (χ3n) is 6.12. The van der Waals surface area contributed by atoms with E-state index in [-0.39, 0.29) is 29.8 Å². The highest BCUT2D eigenvalue weighted by molar-refractivity contribution is 6.74. The van der Waals surface area contributed by atoms with Crippen molar-refractivity contribution in [2.24, 2.45) is 0 Å². The maximum absolute atomic E-state index is 13.3. The number of hydrogen-bond acceptors (Lipinski definition) is 4. The lowest BCUT2D eigenvalue weighted by molar-refractivity contribution is -0.141. The number of benzene rings is 1. The molecular weight excluding hydrogens is 406 g/mol. The summed E-state index contributed by atoms with van der Waals surface area (Å²) in [6.07, 6.45) is 5.85. The molecule has 6 heteroatoms. The number of allylic oxidation sites excluding steroid dienone is 3. The molecule has 0 unspecified atom stereocenters. The van der Waals surface area contributed by atoms with Crippen molar-refractivity contribution in [3.05, 3.63) is 52.9 Å². The minimum Gasteiger partial charge on any atom is -0.546 e. The van der Waals surface area contributed by atoms with Gasteiger partial charge in [-0.1, -0.05) is 44.5 Å². The lowest BCUT2D eigenvalue weighted by Crippen LogP contribution is -2.40. The minimum absolute atomic E-state index is 0.0566. The van der Waals surface area contributed by atoms with Gasteiger partial charge in [0, 0.05) is 18.5 Å². The van der Waals surface area contributed by atoms with Crippen molar-refractivity contribution in [1.29, 1.82) is 0 Å². The van der Waals surface area contributed by atoms with E-state index in [1.807, 2.05) is 32.1 Å². The summed E-state index contributed by atoms with van der Waals surface area (Å²) in [6.45, 7) is 15.2. The quantitative estimate of drug-likeness (QED) is 0.373.